The topological polar surface area (TPSA) is 99.3 Å². The number of carbonyl (C=O) groups excluding carboxylic acids is 1. The molecule has 0 aliphatic carbocycles. The van der Waals surface area contributed by atoms with E-state index >= 15 is 0 Å². The van der Waals surface area contributed by atoms with Gasteiger partial charge in [-0.15, -0.1) is 0 Å². The summed E-state index contributed by atoms with van der Waals surface area (Å²) in [5.41, 5.74) is -0.633. The van der Waals surface area contributed by atoms with Crippen molar-refractivity contribution in [3.8, 4) is 0 Å². The summed E-state index contributed by atoms with van der Waals surface area (Å²) in [6, 6.07) is 0. The average molecular weight is 270 g/mol. The van der Waals surface area contributed by atoms with Crippen LogP contribution in [0.5, 0.6) is 0 Å². The molecule has 0 saturated heterocycles. The normalized spacial score (nSPS) is 11.2. The van der Waals surface area contributed by atoms with E-state index in [1.807, 2.05) is 6.92 Å². The van der Waals surface area contributed by atoms with Gasteiger partial charge in [-0.2, -0.15) is 4.68 Å². The van der Waals surface area contributed by atoms with E-state index in [0.29, 0.717) is 6.54 Å². The zero-order valence-electron chi connectivity index (χ0n) is 11.5. The Hall–Kier alpha value is -2.12. The van der Waals surface area contributed by atoms with Gasteiger partial charge in [0.05, 0.1) is 17.8 Å². The van der Waals surface area contributed by atoms with Gasteiger partial charge in [0.25, 0.3) is 0 Å². The molecule has 0 spiro atoms. The highest BCUT2D eigenvalue weighted by atomic mass is 16.6. The molecule has 0 aliphatic heterocycles. The third-order valence-corrected chi connectivity index (χ3v) is 2.00. The van der Waals surface area contributed by atoms with Gasteiger partial charge in [0, 0.05) is 0 Å². The van der Waals surface area contributed by atoms with Crippen LogP contribution in [0.3, 0.4) is 0 Å². The molecule has 1 amide bonds. The summed E-state index contributed by atoms with van der Waals surface area (Å²) in [6.45, 7) is 7.59. The summed E-state index contributed by atoms with van der Waals surface area (Å²) < 4.78 is 6.46. The number of nitrogens with one attached hydrogen (secondary N) is 1. The molecule has 1 aromatic rings. The van der Waals surface area contributed by atoms with E-state index in [9.17, 15) is 14.9 Å². The van der Waals surface area contributed by atoms with Crippen LogP contribution in [0.15, 0.2) is 6.20 Å². The van der Waals surface area contributed by atoms with Crippen LogP contribution in [0, 0.1) is 10.1 Å². The number of aryl methyl sites for hydroxylation is 1. The van der Waals surface area contributed by atoms with E-state index in [4.69, 9.17) is 4.74 Å². The van der Waals surface area contributed by atoms with Gasteiger partial charge in [0.1, 0.15) is 5.60 Å². The van der Waals surface area contributed by atoms with Crippen LogP contribution >= 0.6 is 0 Å². The molecular formula is C11H18N4O4. The second kappa shape index (κ2) is 5.68. The molecule has 19 heavy (non-hydrogen) atoms. The third kappa shape index (κ3) is 4.57. The Bertz CT molecular complexity index is 476. The molecule has 0 unspecified atom stereocenters. The van der Waals surface area contributed by atoms with Crippen LogP contribution in [0.1, 0.15) is 34.1 Å². The predicted molar refractivity (Wildman–Crippen MR) is 69.0 cm³/mol. The number of aromatic nitrogens is 2. The second-order valence-corrected chi connectivity index (χ2v) is 5.01. The molecule has 1 heterocycles. The third-order valence-electron chi connectivity index (χ3n) is 2.00. The highest BCUT2D eigenvalue weighted by molar-refractivity contribution is 5.87. The largest absolute Gasteiger partial charge is 0.444 e. The summed E-state index contributed by atoms with van der Waals surface area (Å²) in [4.78, 5) is 21.8. The Morgan fingerprint density at radius 3 is 2.68 bits per heavy atom. The van der Waals surface area contributed by atoms with Gasteiger partial charge in [0.2, 0.25) is 0 Å². The van der Waals surface area contributed by atoms with Crippen molar-refractivity contribution < 1.29 is 14.5 Å². The lowest BCUT2D eigenvalue weighted by Crippen LogP contribution is -2.27. The Morgan fingerprint density at radius 2 is 2.21 bits per heavy atom. The Kier molecular flexibility index (Phi) is 4.47. The molecule has 0 aliphatic rings. The lowest BCUT2D eigenvalue weighted by Gasteiger charge is -2.19. The van der Waals surface area contributed by atoms with Gasteiger partial charge in [0.15, 0.2) is 5.69 Å². The lowest BCUT2D eigenvalue weighted by atomic mass is 10.2. The molecule has 106 valence electrons. The number of nitrogens with zero attached hydrogens (tertiary/aromatic N) is 3. The lowest BCUT2D eigenvalue weighted by molar-refractivity contribution is -0.388. The van der Waals surface area contributed by atoms with E-state index in [1.54, 1.807) is 20.8 Å². The van der Waals surface area contributed by atoms with Crippen molar-refractivity contribution in [2.45, 2.75) is 46.3 Å². The molecule has 0 fully saturated rings. The molecule has 0 atom stereocenters. The zero-order valence-corrected chi connectivity index (χ0v) is 11.5. The van der Waals surface area contributed by atoms with Gasteiger partial charge in [-0.05, 0) is 32.1 Å². The standard InChI is InChI=1S/C11H18N4O4/c1-5-6-14-7-8(9(13-14)15(17)18)12-10(16)19-11(2,3)4/h7H,5-6H2,1-4H3,(H,12,16). The molecular weight excluding hydrogens is 252 g/mol. The molecule has 1 rings (SSSR count). The zero-order chi connectivity index (χ0) is 14.6. The van der Waals surface area contributed by atoms with Crippen molar-refractivity contribution in [1.82, 2.24) is 9.78 Å². The first-order valence-electron chi connectivity index (χ1n) is 5.94. The van der Waals surface area contributed by atoms with Crippen molar-refractivity contribution in [2.75, 3.05) is 5.32 Å². The van der Waals surface area contributed by atoms with E-state index in [0.717, 1.165) is 6.42 Å². The first kappa shape index (κ1) is 14.9. The Balaban J connectivity index is 2.87. The maximum absolute atomic E-state index is 11.6. The quantitative estimate of drug-likeness (QED) is 0.669. The number of nitro groups is 1. The number of rotatable bonds is 4. The molecule has 1 N–H and O–H groups in total. The summed E-state index contributed by atoms with van der Waals surface area (Å²) in [7, 11) is 0. The van der Waals surface area contributed by atoms with Crippen molar-refractivity contribution in [1.29, 1.82) is 0 Å². The smallest absolute Gasteiger partial charge is 0.413 e. The van der Waals surface area contributed by atoms with Crippen LogP contribution in [-0.2, 0) is 11.3 Å². The fourth-order valence-electron chi connectivity index (χ4n) is 1.39. The molecule has 8 heteroatoms. The number of ether oxygens (including phenoxy) is 1. The molecule has 0 aromatic carbocycles. The van der Waals surface area contributed by atoms with Crippen molar-refractivity contribution in [3.05, 3.63) is 16.3 Å². The first-order valence-corrected chi connectivity index (χ1v) is 5.94. The fraction of sp³-hybridized carbons (Fsp3) is 0.636. The van der Waals surface area contributed by atoms with Gasteiger partial charge >= 0.3 is 11.9 Å². The number of amides is 1. The molecule has 1 aromatic heterocycles. The maximum Gasteiger partial charge on any atom is 0.413 e. The first-order chi connectivity index (χ1) is 8.73. The number of anilines is 1. The Morgan fingerprint density at radius 1 is 1.58 bits per heavy atom. The van der Waals surface area contributed by atoms with Crippen LogP contribution < -0.4 is 5.32 Å². The van der Waals surface area contributed by atoms with Crippen molar-refractivity contribution in [3.63, 3.8) is 0 Å². The van der Waals surface area contributed by atoms with E-state index < -0.39 is 16.6 Å². The number of hydrogen-bond acceptors (Lipinski definition) is 5. The maximum atomic E-state index is 11.6. The summed E-state index contributed by atoms with van der Waals surface area (Å²) >= 11 is 0. The second-order valence-electron chi connectivity index (χ2n) is 5.01. The minimum atomic E-state index is -0.744. The van der Waals surface area contributed by atoms with E-state index in [1.165, 1.54) is 10.9 Å². The van der Waals surface area contributed by atoms with E-state index in [-0.39, 0.29) is 11.5 Å². The van der Waals surface area contributed by atoms with E-state index in [2.05, 4.69) is 10.4 Å². The number of carbonyl (C=O) groups is 1. The van der Waals surface area contributed by atoms with Crippen LogP contribution in [-0.4, -0.2) is 26.4 Å². The van der Waals surface area contributed by atoms with Crippen LogP contribution in [0.25, 0.3) is 0 Å². The monoisotopic (exact) mass is 270 g/mol. The highest BCUT2D eigenvalue weighted by Gasteiger charge is 2.24. The van der Waals surface area contributed by atoms with Gasteiger partial charge in [-0.25, -0.2) is 4.79 Å². The summed E-state index contributed by atoms with van der Waals surface area (Å²) in [6.07, 6.45) is 1.46. The molecule has 8 nitrogen and oxygen atoms in total. The van der Waals surface area contributed by atoms with Gasteiger partial charge in [-0.3, -0.25) is 5.32 Å². The minimum Gasteiger partial charge on any atom is -0.444 e. The number of hydrogen-bond donors (Lipinski definition) is 1. The van der Waals surface area contributed by atoms with Crippen molar-refractivity contribution >= 4 is 17.6 Å². The fourth-order valence-corrected chi connectivity index (χ4v) is 1.39. The SMILES string of the molecule is CCCn1cc(NC(=O)OC(C)(C)C)c([N+](=O)[O-])n1. The minimum absolute atomic E-state index is 0.0349. The van der Waals surface area contributed by atoms with Crippen LogP contribution in [0.4, 0.5) is 16.3 Å². The predicted octanol–water partition coefficient (Wildman–Crippen LogP) is 2.55. The Labute approximate surface area is 110 Å². The van der Waals surface area contributed by atoms with Crippen molar-refractivity contribution in [2.24, 2.45) is 0 Å². The summed E-state index contributed by atoms with van der Waals surface area (Å²) in [5, 5.41) is 17.0. The highest BCUT2D eigenvalue weighted by Crippen LogP contribution is 2.22. The summed E-state index contributed by atoms with van der Waals surface area (Å²) in [5.74, 6) is -0.390. The molecule has 0 radical (unpaired) electrons. The van der Waals surface area contributed by atoms with Crippen LogP contribution in [0.2, 0.25) is 0 Å². The molecule has 0 bridgehead atoms. The molecule has 0 saturated carbocycles. The average Bonchev–Trinajstić information content (AvgIpc) is 2.58. The van der Waals surface area contributed by atoms with Gasteiger partial charge < -0.3 is 14.9 Å². The van der Waals surface area contributed by atoms with Gasteiger partial charge in [-0.1, -0.05) is 6.92 Å².